The van der Waals surface area contributed by atoms with Crippen molar-refractivity contribution >= 4 is 29.1 Å². The molecular formula is C20H22Cl2N2O. The monoisotopic (exact) mass is 376 g/mol. The van der Waals surface area contributed by atoms with Crippen molar-refractivity contribution < 1.29 is 4.79 Å². The lowest BCUT2D eigenvalue weighted by Gasteiger charge is -2.34. The van der Waals surface area contributed by atoms with Gasteiger partial charge < -0.3 is 4.90 Å². The zero-order chi connectivity index (χ0) is 17.6. The SMILES string of the molecule is O=C(CCc1cccc(Cl)c1)N1CCN(Cc2ccc(Cl)cc2)CC1. The van der Waals surface area contributed by atoms with E-state index in [1.54, 1.807) is 0 Å². The van der Waals surface area contributed by atoms with Crippen LogP contribution in [0.3, 0.4) is 0 Å². The standard InChI is InChI=1S/C20H22Cl2N2O/c21-18-7-4-17(5-8-18)15-23-10-12-24(13-11-23)20(25)9-6-16-2-1-3-19(22)14-16/h1-5,7-8,14H,6,9-13,15H2. The third-order valence-electron chi connectivity index (χ3n) is 4.56. The molecule has 1 fully saturated rings. The van der Waals surface area contributed by atoms with Crippen LogP contribution in [0.15, 0.2) is 48.5 Å². The Morgan fingerprint density at radius 1 is 0.880 bits per heavy atom. The minimum absolute atomic E-state index is 0.228. The Balaban J connectivity index is 1.43. The highest BCUT2D eigenvalue weighted by molar-refractivity contribution is 6.30. The van der Waals surface area contributed by atoms with Crippen LogP contribution in [0.4, 0.5) is 0 Å². The Morgan fingerprint density at radius 3 is 2.28 bits per heavy atom. The fraction of sp³-hybridized carbons (Fsp3) is 0.350. The molecule has 1 heterocycles. The quantitative estimate of drug-likeness (QED) is 0.777. The largest absolute Gasteiger partial charge is 0.340 e. The second kappa shape index (κ2) is 8.70. The van der Waals surface area contributed by atoms with Crippen LogP contribution in [0.2, 0.25) is 10.0 Å². The molecule has 5 heteroatoms. The lowest BCUT2D eigenvalue weighted by atomic mass is 10.1. The second-order valence-electron chi connectivity index (χ2n) is 6.41. The van der Waals surface area contributed by atoms with Crippen LogP contribution in [-0.2, 0) is 17.8 Å². The van der Waals surface area contributed by atoms with Crippen LogP contribution < -0.4 is 0 Å². The highest BCUT2D eigenvalue weighted by Gasteiger charge is 2.20. The summed E-state index contributed by atoms with van der Waals surface area (Å²) in [7, 11) is 0. The molecule has 2 aromatic carbocycles. The Bertz CT molecular complexity index is 710. The highest BCUT2D eigenvalue weighted by atomic mass is 35.5. The third kappa shape index (κ3) is 5.46. The van der Waals surface area contributed by atoms with Gasteiger partial charge in [-0.25, -0.2) is 0 Å². The summed E-state index contributed by atoms with van der Waals surface area (Å²) < 4.78 is 0. The number of carbonyl (C=O) groups excluding carboxylic acids is 1. The lowest BCUT2D eigenvalue weighted by molar-refractivity contribution is -0.133. The molecule has 132 valence electrons. The van der Waals surface area contributed by atoms with Gasteiger partial charge >= 0.3 is 0 Å². The number of hydrogen-bond donors (Lipinski definition) is 0. The third-order valence-corrected chi connectivity index (χ3v) is 5.05. The average Bonchev–Trinajstić information content (AvgIpc) is 2.62. The van der Waals surface area contributed by atoms with Gasteiger partial charge in [0.15, 0.2) is 0 Å². The van der Waals surface area contributed by atoms with Crippen molar-refractivity contribution in [1.29, 1.82) is 0 Å². The predicted molar refractivity (Wildman–Crippen MR) is 103 cm³/mol. The van der Waals surface area contributed by atoms with Crippen LogP contribution in [0, 0.1) is 0 Å². The van der Waals surface area contributed by atoms with Crippen LogP contribution >= 0.6 is 23.2 Å². The summed E-state index contributed by atoms with van der Waals surface area (Å²) in [4.78, 5) is 16.8. The van der Waals surface area contributed by atoms with Crippen molar-refractivity contribution in [3.63, 3.8) is 0 Å². The maximum atomic E-state index is 12.4. The Kier molecular flexibility index (Phi) is 6.35. The fourth-order valence-electron chi connectivity index (χ4n) is 3.11. The molecule has 2 aromatic rings. The summed E-state index contributed by atoms with van der Waals surface area (Å²) in [6.07, 6.45) is 1.28. The molecule has 1 amide bonds. The van der Waals surface area contributed by atoms with Gasteiger partial charge in [-0.15, -0.1) is 0 Å². The molecule has 0 radical (unpaired) electrons. The number of rotatable bonds is 5. The fourth-order valence-corrected chi connectivity index (χ4v) is 3.44. The van der Waals surface area contributed by atoms with Crippen LogP contribution in [0.1, 0.15) is 17.5 Å². The van der Waals surface area contributed by atoms with Crippen molar-refractivity contribution in [3.8, 4) is 0 Å². The summed E-state index contributed by atoms with van der Waals surface area (Å²) in [5.74, 6) is 0.228. The van der Waals surface area contributed by atoms with Gasteiger partial charge in [-0.2, -0.15) is 0 Å². The van der Waals surface area contributed by atoms with Crippen molar-refractivity contribution in [2.75, 3.05) is 26.2 Å². The molecule has 0 unspecified atom stereocenters. The van der Waals surface area contributed by atoms with Crippen molar-refractivity contribution in [2.45, 2.75) is 19.4 Å². The van der Waals surface area contributed by atoms with Crippen LogP contribution in [0.5, 0.6) is 0 Å². The topological polar surface area (TPSA) is 23.6 Å². The van der Waals surface area contributed by atoms with E-state index in [4.69, 9.17) is 23.2 Å². The van der Waals surface area contributed by atoms with Crippen LogP contribution in [0.25, 0.3) is 0 Å². The zero-order valence-electron chi connectivity index (χ0n) is 14.1. The van der Waals surface area contributed by atoms with E-state index >= 15 is 0 Å². The van der Waals surface area contributed by atoms with Crippen molar-refractivity contribution in [3.05, 3.63) is 69.7 Å². The van der Waals surface area contributed by atoms with Crippen LogP contribution in [-0.4, -0.2) is 41.9 Å². The number of hydrogen-bond acceptors (Lipinski definition) is 2. The summed E-state index contributed by atoms with van der Waals surface area (Å²) in [6.45, 7) is 4.31. The van der Waals surface area contributed by atoms with Crippen molar-refractivity contribution in [1.82, 2.24) is 9.80 Å². The first-order valence-corrected chi connectivity index (χ1v) is 9.35. The summed E-state index contributed by atoms with van der Waals surface area (Å²) in [6, 6.07) is 15.7. The molecule has 1 saturated heterocycles. The number of aryl methyl sites for hydroxylation is 1. The van der Waals surface area contributed by atoms with E-state index in [1.165, 1.54) is 5.56 Å². The number of amides is 1. The van der Waals surface area contributed by atoms with Gasteiger partial charge in [-0.3, -0.25) is 9.69 Å². The number of halogens is 2. The average molecular weight is 377 g/mol. The molecule has 0 saturated carbocycles. The molecule has 0 aliphatic carbocycles. The molecule has 1 aliphatic heterocycles. The van der Waals surface area contributed by atoms with Crippen molar-refractivity contribution in [2.24, 2.45) is 0 Å². The highest BCUT2D eigenvalue weighted by Crippen LogP contribution is 2.15. The van der Waals surface area contributed by atoms with Gasteiger partial charge in [0.05, 0.1) is 0 Å². The molecule has 0 atom stereocenters. The molecule has 0 spiro atoms. The van der Waals surface area contributed by atoms with Gasteiger partial charge in [-0.05, 0) is 41.8 Å². The normalized spacial score (nSPS) is 15.4. The number of benzene rings is 2. The maximum absolute atomic E-state index is 12.4. The van der Waals surface area contributed by atoms with Gasteiger partial charge in [-0.1, -0.05) is 47.5 Å². The van der Waals surface area contributed by atoms with Gasteiger partial charge in [0.1, 0.15) is 0 Å². The minimum atomic E-state index is 0.228. The zero-order valence-corrected chi connectivity index (χ0v) is 15.6. The minimum Gasteiger partial charge on any atom is -0.340 e. The van der Waals surface area contributed by atoms with Gasteiger partial charge in [0.2, 0.25) is 5.91 Å². The lowest BCUT2D eigenvalue weighted by Crippen LogP contribution is -2.48. The smallest absolute Gasteiger partial charge is 0.222 e. The first kappa shape index (κ1) is 18.2. The summed E-state index contributed by atoms with van der Waals surface area (Å²) in [5.41, 5.74) is 2.37. The van der Waals surface area contributed by atoms with Gasteiger partial charge in [0.25, 0.3) is 0 Å². The first-order valence-electron chi connectivity index (χ1n) is 8.59. The number of piperazine rings is 1. The Morgan fingerprint density at radius 2 is 1.60 bits per heavy atom. The molecule has 0 aromatic heterocycles. The molecule has 25 heavy (non-hydrogen) atoms. The first-order chi connectivity index (χ1) is 12.1. The van der Waals surface area contributed by atoms with E-state index < -0.39 is 0 Å². The second-order valence-corrected chi connectivity index (χ2v) is 7.29. The molecule has 1 aliphatic rings. The van der Waals surface area contributed by atoms with E-state index in [9.17, 15) is 4.79 Å². The number of carbonyl (C=O) groups is 1. The molecule has 0 bridgehead atoms. The van der Waals surface area contributed by atoms with E-state index in [0.29, 0.717) is 6.42 Å². The molecule has 3 rings (SSSR count). The maximum Gasteiger partial charge on any atom is 0.222 e. The Labute approximate surface area is 159 Å². The van der Waals surface area contributed by atoms with E-state index in [2.05, 4.69) is 17.0 Å². The van der Waals surface area contributed by atoms with E-state index in [1.807, 2.05) is 41.3 Å². The Hall–Kier alpha value is -1.55. The van der Waals surface area contributed by atoms with E-state index in [-0.39, 0.29) is 5.91 Å². The number of nitrogens with zero attached hydrogens (tertiary/aromatic N) is 2. The molecule has 0 N–H and O–H groups in total. The van der Waals surface area contributed by atoms with Gasteiger partial charge in [0, 0.05) is 49.2 Å². The molecule has 3 nitrogen and oxygen atoms in total. The molecular weight excluding hydrogens is 355 g/mol. The summed E-state index contributed by atoms with van der Waals surface area (Å²) >= 11 is 11.9. The summed E-state index contributed by atoms with van der Waals surface area (Å²) in [5, 5.41) is 1.49. The van der Waals surface area contributed by atoms with E-state index in [0.717, 1.165) is 54.8 Å². The predicted octanol–water partition coefficient (Wildman–Crippen LogP) is 4.27.